The van der Waals surface area contributed by atoms with Crippen molar-refractivity contribution in [1.82, 2.24) is 87.6 Å². The lowest BCUT2D eigenvalue weighted by Crippen LogP contribution is -2.43. The van der Waals surface area contributed by atoms with E-state index in [9.17, 15) is 0 Å². The van der Waals surface area contributed by atoms with Crippen LogP contribution in [-0.2, 0) is 36.9 Å². The first-order chi connectivity index (χ1) is 55.9. The third-order valence-corrected chi connectivity index (χ3v) is 23.4. The predicted molar refractivity (Wildman–Crippen MR) is 451 cm³/mol. The second kappa shape index (κ2) is 52.3. The molecule has 8 saturated heterocycles. The molecule has 0 bridgehead atoms. The number of likely N-dealkylation sites (tertiary alicyclic amines) is 1. The van der Waals surface area contributed by atoms with Crippen LogP contribution < -0.4 is 53.7 Å². The first kappa shape index (κ1) is 95.5. The van der Waals surface area contributed by atoms with Crippen molar-refractivity contribution in [2.24, 2.45) is 23.7 Å². The summed E-state index contributed by atoms with van der Waals surface area (Å²) in [5, 5.41) is 20.4. The molecule has 6 aromatic heterocycles. The van der Waals surface area contributed by atoms with Crippen molar-refractivity contribution < 1.29 is 64.9 Å². The van der Waals surface area contributed by atoms with Gasteiger partial charge in [0, 0.05) is 156 Å². The largest absolute Gasteiger partial charge is 0.476 e. The highest BCUT2D eigenvalue weighted by Crippen LogP contribution is 2.30. The number of piperazine rings is 4. The Morgan fingerprint density at radius 2 is 0.641 bits per heavy atom. The van der Waals surface area contributed by atoms with E-state index in [0.29, 0.717) is 79.0 Å². The molecule has 8 aliphatic heterocycles. The van der Waals surface area contributed by atoms with E-state index in [0.717, 1.165) is 237 Å². The monoisotopic (exact) mass is 1730 g/mol. The van der Waals surface area contributed by atoms with Gasteiger partial charge < -0.3 is 67.6 Å². The second-order valence-corrected chi connectivity index (χ2v) is 32.0. The molecule has 0 aromatic carbocycles. The zero-order valence-electron chi connectivity index (χ0n) is 67.0. The normalized spacial score (nSPS) is 18.6. The lowest BCUT2D eigenvalue weighted by molar-refractivity contribution is -0.163. The summed E-state index contributed by atoms with van der Waals surface area (Å²) in [5.74, 6) is 9.87. The van der Waals surface area contributed by atoms with Gasteiger partial charge in [-0.1, -0.05) is 52.9 Å². The van der Waals surface area contributed by atoms with Crippen molar-refractivity contribution in [3.63, 3.8) is 0 Å². The number of nitrogens with one attached hydrogen (secondary N) is 1. The van der Waals surface area contributed by atoms with E-state index in [4.69, 9.17) is 50.6 Å². The summed E-state index contributed by atoms with van der Waals surface area (Å²) in [6.45, 7) is 32.0. The number of rotatable bonds is 32. The molecule has 8 aliphatic rings. The molecule has 39 nitrogen and oxygen atoms in total. The van der Waals surface area contributed by atoms with Crippen LogP contribution in [0.25, 0.3) is 0 Å². The average molecular weight is 1740 g/mol. The molecule has 0 spiro atoms. The highest BCUT2D eigenvalue weighted by atomic mass is 35.5. The Kier molecular flexibility index (Phi) is 42.7. The summed E-state index contributed by atoms with van der Waals surface area (Å²) in [4.78, 5) is 78.2. The molecule has 117 heavy (non-hydrogen) atoms. The third kappa shape index (κ3) is 31.5. The van der Waals surface area contributed by atoms with Crippen molar-refractivity contribution in [2.45, 2.75) is 106 Å². The van der Waals surface area contributed by atoms with Gasteiger partial charge in [0.25, 0.3) is 0 Å². The molecule has 14 heterocycles. The van der Waals surface area contributed by atoms with E-state index in [2.05, 4.69) is 166 Å². The van der Waals surface area contributed by atoms with E-state index in [1.54, 1.807) is 54.5 Å². The molecule has 652 valence electrons. The maximum absolute atomic E-state index is 8.88. The van der Waals surface area contributed by atoms with E-state index in [1.807, 2.05) is 0 Å². The summed E-state index contributed by atoms with van der Waals surface area (Å²) in [5.41, 5.74) is 0. The van der Waals surface area contributed by atoms with E-state index in [1.165, 1.54) is 90.2 Å². The van der Waals surface area contributed by atoms with Crippen molar-refractivity contribution in [3.05, 3.63) is 61.2 Å². The Bertz CT molecular complexity index is 3510. The summed E-state index contributed by atoms with van der Waals surface area (Å²) in [7, 11) is 6.01. The highest BCUT2D eigenvalue weighted by Gasteiger charge is 2.30. The molecule has 44 heteroatoms. The number of nitrogens with zero attached hydrogens (tertiary/aromatic N) is 24. The molecule has 8 fully saturated rings. The topological polar surface area (TPSA) is 363 Å². The van der Waals surface area contributed by atoms with Crippen LogP contribution in [0.4, 0.5) is 35.3 Å². The minimum Gasteiger partial charge on any atom is -0.476 e. The zero-order chi connectivity index (χ0) is 79.5. The molecule has 0 atom stereocenters. The SMILES string of the molecule is C.C.COOSN1CCN(c2cnc(OCC3CCN(C#N)CC3)cn2)CC1.COOSN1CCN(c2cnc(OCC3CCN(c4nc(C(C)C)no4)CC3)cn2)CC1.COOSN1CCN(c2cnc(OCC3CCN(c4nc(C(C)C)no4)CC3)cn2)CC1.COOSN1CCN(c2cnc(OCC3CCNCC3)cn2)CC1.Cl. The van der Waals surface area contributed by atoms with Gasteiger partial charge in [0.15, 0.2) is 17.8 Å². The molecule has 0 aliphatic carbocycles. The van der Waals surface area contributed by atoms with Crippen LogP contribution in [0, 0.1) is 35.1 Å². The second-order valence-electron chi connectivity index (χ2n) is 28.8. The summed E-state index contributed by atoms with van der Waals surface area (Å²) < 4.78 is 62.2. The number of aromatic nitrogens is 12. The standard InChI is InChI=1S/2C20H31N7O4S.C16H24N6O3S.C15H25N5O3S.2CH4.ClH/c2*1-15(2)19-23-20(30-24-19)26-6-4-16(5-7-26)14-29-18-13-21-17(12-22-18)25-8-10-27(11-9-25)32-31-28-3;1-23-25-26-22-8-6-21(7-9-22)15-10-19-16(11-18-15)24-12-14-2-4-20(13-17)5-3-14;1-21-23-24-20-8-6-19(7-9-20)14-10-18-15(11-17-14)22-12-13-2-4-16-5-3-13;;;/h2*12-13,15-16H,4-11,14H2,1-3H3;10-11,14H,2-9,12H2,1H3;10-11,13,16H,2-9,12H2,1H3;2*1H4;1H. The van der Waals surface area contributed by atoms with Gasteiger partial charge >= 0.3 is 12.0 Å². The van der Waals surface area contributed by atoms with E-state index < -0.39 is 0 Å². The van der Waals surface area contributed by atoms with Gasteiger partial charge in [0.2, 0.25) is 23.5 Å². The fraction of sp³-hybridized carbons (Fsp3) is 0.712. The zero-order valence-corrected chi connectivity index (χ0v) is 71.1. The molecular formula is C73H120ClN25O14S4. The van der Waals surface area contributed by atoms with Crippen LogP contribution in [0.5, 0.6) is 23.5 Å². The Morgan fingerprint density at radius 3 is 0.872 bits per heavy atom. The molecule has 14 rings (SSSR count). The molecule has 0 saturated carbocycles. The Labute approximate surface area is 712 Å². The van der Waals surface area contributed by atoms with Crippen molar-refractivity contribution in [2.75, 3.05) is 241 Å². The van der Waals surface area contributed by atoms with Crippen LogP contribution in [0.3, 0.4) is 0 Å². The lowest BCUT2D eigenvalue weighted by Gasteiger charge is -2.33. The third-order valence-electron chi connectivity index (χ3n) is 20.3. The van der Waals surface area contributed by atoms with Gasteiger partial charge in [-0.3, -0.25) is 0 Å². The van der Waals surface area contributed by atoms with Crippen LogP contribution in [0.2, 0.25) is 0 Å². The number of piperidine rings is 4. The summed E-state index contributed by atoms with van der Waals surface area (Å²) in [6, 6.07) is 1.25. The number of anilines is 6. The first-order valence-electron chi connectivity index (χ1n) is 39.2. The van der Waals surface area contributed by atoms with Gasteiger partial charge in [-0.05, 0) is 88.1 Å². The van der Waals surface area contributed by atoms with Crippen molar-refractivity contribution in [1.29, 1.82) is 5.26 Å². The Morgan fingerprint density at radius 1 is 0.376 bits per heavy atom. The quantitative estimate of drug-likeness (QED) is 0.0135. The molecule has 6 aromatic rings. The minimum absolute atomic E-state index is 0. The molecule has 0 radical (unpaired) electrons. The molecular weight excluding hydrogens is 1610 g/mol. The number of hydrogen-bond acceptors (Lipinski definition) is 43. The molecule has 0 unspecified atom stereocenters. The number of hydrogen-bond donors (Lipinski definition) is 1. The number of halogens is 1. The predicted octanol–water partition coefficient (Wildman–Crippen LogP) is 9.21. The summed E-state index contributed by atoms with van der Waals surface area (Å²) >= 11 is 4.93. The van der Waals surface area contributed by atoms with Gasteiger partial charge in [-0.15, -0.1) is 29.7 Å². The maximum atomic E-state index is 8.88. The van der Waals surface area contributed by atoms with Crippen LogP contribution in [0.1, 0.15) is 117 Å². The first-order valence-corrected chi connectivity index (χ1v) is 42.0. The van der Waals surface area contributed by atoms with Gasteiger partial charge in [0.1, 0.15) is 72.2 Å². The Balaban J connectivity index is 0.000000194. The molecule has 1 N–H and O–H groups in total. The van der Waals surface area contributed by atoms with Gasteiger partial charge in [-0.2, -0.15) is 15.2 Å². The van der Waals surface area contributed by atoms with Crippen LogP contribution in [-0.4, -0.2) is 294 Å². The highest BCUT2D eigenvalue weighted by molar-refractivity contribution is 7.92. The van der Waals surface area contributed by atoms with Crippen molar-refractivity contribution >= 4 is 96.6 Å². The minimum atomic E-state index is 0. The van der Waals surface area contributed by atoms with Crippen LogP contribution in [0.15, 0.2) is 58.6 Å². The van der Waals surface area contributed by atoms with Gasteiger partial charge in [0.05, 0.1) is 104 Å². The fourth-order valence-corrected chi connectivity index (χ4v) is 15.1. The number of nitriles is 1. The smallest absolute Gasteiger partial charge is 0.324 e. The average Bonchev–Trinajstić information content (AvgIpc) is 1.70. The van der Waals surface area contributed by atoms with Gasteiger partial charge in [-0.25, -0.2) is 76.6 Å². The van der Waals surface area contributed by atoms with E-state index in [-0.39, 0.29) is 39.1 Å². The van der Waals surface area contributed by atoms with Crippen LogP contribution >= 0.6 is 61.3 Å². The maximum Gasteiger partial charge on any atom is 0.324 e. The number of ether oxygens (including phenoxy) is 4. The summed E-state index contributed by atoms with van der Waals surface area (Å²) in [6.07, 6.45) is 24.5. The van der Waals surface area contributed by atoms with E-state index >= 15 is 0 Å². The fourth-order valence-electron chi connectivity index (χ4n) is 13.3. The lowest BCUT2D eigenvalue weighted by atomic mass is 9.98. The Hall–Kier alpha value is -6.94. The molecule has 0 amide bonds. The van der Waals surface area contributed by atoms with Crippen molar-refractivity contribution in [3.8, 4) is 29.7 Å².